The number of anilines is 1. The molecule has 1 aromatic rings. The van der Waals surface area contributed by atoms with Gasteiger partial charge in [0.15, 0.2) is 0 Å². The van der Waals surface area contributed by atoms with Gasteiger partial charge in [0.2, 0.25) is 10.0 Å². The summed E-state index contributed by atoms with van der Waals surface area (Å²) in [4.78, 5) is 6.55. The highest BCUT2D eigenvalue weighted by Crippen LogP contribution is 2.18. The topological polar surface area (TPSA) is 98.1 Å². The highest BCUT2D eigenvalue weighted by Gasteiger charge is 2.22. The predicted octanol–water partition coefficient (Wildman–Crippen LogP) is 0.626. The third kappa shape index (κ3) is 6.14. The van der Waals surface area contributed by atoms with E-state index in [0.29, 0.717) is 23.8 Å². The molecule has 0 saturated carbocycles. The maximum absolute atomic E-state index is 11.0. The van der Waals surface area contributed by atoms with Crippen LogP contribution in [-0.4, -0.2) is 57.3 Å². The van der Waals surface area contributed by atoms with Crippen molar-refractivity contribution < 1.29 is 8.42 Å². The lowest BCUT2D eigenvalue weighted by Gasteiger charge is -2.16. The van der Waals surface area contributed by atoms with E-state index in [1.165, 1.54) is 6.26 Å². The number of nitrogens with one attached hydrogen (secondary N) is 2. The molecular weight excluding hydrogens is 314 g/mol. The summed E-state index contributed by atoms with van der Waals surface area (Å²) in [7, 11) is -3.09. The average molecular weight is 337 g/mol. The van der Waals surface area contributed by atoms with E-state index in [1.807, 2.05) is 0 Å². The Labute approximate surface area is 137 Å². The molecule has 7 nitrogen and oxygen atoms in total. The Kier molecular flexibility index (Phi) is 6.33. The van der Waals surface area contributed by atoms with Gasteiger partial charge in [0.1, 0.15) is 11.9 Å². The van der Waals surface area contributed by atoms with Crippen LogP contribution >= 0.6 is 0 Å². The van der Waals surface area contributed by atoms with Gasteiger partial charge in [-0.1, -0.05) is 0 Å². The minimum Gasteiger partial charge on any atom is -0.369 e. The van der Waals surface area contributed by atoms with Crippen LogP contribution in [0.25, 0.3) is 0 Å². The molecule has 126 valence electrons. The van der Waals surface area contributed by atoms with Crippen LogP contribution in [0.5, 0.6) is 0 Å². The van der Waals surface area contributed by atoms with Crippen molar-refractivity contribution in [2.75, 3.05) is 44.3 Å². The fourth-order valence-corrected chi connectivity index (χ4v) is 3.24. The van der Waals surface area contributed by atoms with Crippen LogP contribution < -0.4 is 10.0 Å². The minimum atomic E-state index is -3.09. The Morgan fingerprint density at radius 3 is 3.09 bits per heavy atom. The fourth-order valence-electron chi connectivity index (χ4n) is 2.72. The standard InChI is InChI=1S/C15H23N5O2S/c1-23(21,22)19-7-3-8-20-9-5-13(12-20)11-18-15-14(10-16)4-2-6-17-15/h2,4,6,13,19H,3,5,7-9,11-12H2,1H3,(H,17,18). The first-order valence-corrected chi connectivity index (χ1v) is 9.63. The van der Waals surface area contributed by atoms with E-state index in [1.54, 1.807) is 18.3 Å². The number of aromatic nitrogens is 1. The molecule has 0 aliphatic carbocycles. The first-order valence-electron chi connectivity index (χ1n) is 7.74. The van der Waals surface area contributed by atoms with Crippen molar-refractivity contribution in [3.63, 3.8) is 0 Å². The molecule has 23 heavy (non-hydrogen) atoms. The van der Waals surface area contributed by atoms with Gasteiger partial charge in [-0.3, -0.25) is 0 Å². The van der Waals surface area contributed by atoms with Gasteiger partial charge in [0, 0.05) is 25.8 Å². The molecule has 1 atom stereocenters. The molecule has 0 radical (unpaired) electrons. The lowest BCUT2D eigenvalue weighted by molar-refractivity contribution is 0.322. The zero-order valence-corrected chi connectivity index (χ0v) is 14.1. The molecule has 0 bridgehead atoms. The first kappa shape index (κ1) is 17.7. The van der Waals surface area contributed by atoms with Crippen LogP contribution in [-0.2, 0) is 10.0 Å². The van der Waals surface area contributed by atoms with E-state index < -0.39 is 10.0 Å². The van der Waals surface area contributed by atoms with Crippen LogP contribution in [0.4, 0.5) is 5.82 Å². The molecule has 2 N–H and O–H groups in total. The summed E-state index contributed by atoms with van der Waals surface area (Å²) in [6.45, 7) is 4.19. The molecule has 2 rings (SSSR count). The second kappa shape index (κ2) is 8.24. The number of nitrogens with zero attached hydrogens (tertiary/aromatic N) is 3. The van der Waals surface area contributed by atoms with Gasteiger partial charge in [-0.15, -0.1) is 0 Å². The van der Waals surface area contributed by atoms with Crippen molar-refractivity contribution in [2.45, 2.75) is 12.8 Å². The van der Waals surface area contributed by atoms with E-state index in [-0.39, 0.29) is 0 Å². The lowest BCUT2D eigenvalue weighted by Crippen LogP contribution is -2.29. The Morgan fingerprint density at radius 1 is 1.52 bits per heavy atom. The van der Waals surface area contributed by atoms with Crippen LogP contribution in [0.15, 0.2) is 18.3 Å². The van der Waals surface area contributed by atoms with E-state index in [4.69, 9.17) is 5.26 Å². The molecule has 1 aliphatic rings. The molecule has 1 fully saturated rings. The summed E-state index contributed by atoms with van der Waals surface area (Å²) in [5.41, 5.74) is 0.564. The molecule has 8 heteroatoms. The number of hydrogen-bond donors (Lipinski definition) is 2. The summed E-state index contributed by atoms with van der Waals surface area (Å²) < 4.78 is 24.5. The first-order chi connectivity index (χ1) is 11.0. The van der Waals surface area contributed by atoms with Gasteiger partial charge < -0.3 is 10.2 Å². The molecule has 0 amide bonds. The number of sulfonamides is 1. The molecule has 0 spiro atoms. The van der Waals surface area contributed by atoms with Gasteiger partial charge in [0.25, 0.3) is 0 Å². The van der Waals surface area contributed by atoms with Crippen molar-refractivity contribution >= 4 is 15.8 Å². The van der Waals surface area contributed by atoms with Crippen LogP contribution in [0, 0.1) is 17.2 Å². The molecular formula is C15H23N5O2S. The summed E-state index contributed by atoms with van der Waals surface area (Å²) in [5, 5.41) is 12.3. The molecule has 1 saturated heterocycles. The third-order valence-electron chi connectivity index (χ3n) is 3.87. The second-order valence-electron chi connectivity index (χ2n) is 5.87. The van der Waals surface area contributed by atoms with Gasteiger partial charge in [-0.25, -0.2) is 18.1 Å². The largest absolute Gasteiger partial charge is 0.369 e. The monoisotopic (exact) mass is 337 g/mol. The summed E-state index contributed by atoms with van der Waals surface area (Å²) >= 11 is 0. The van der Waals surface area contributed by atoms with Crippen molar-refractivity contribution in [2.24, 2.45) is 5.92 Å². The number of pyridine rings is 1. The maximum atomic E-state index is 11.0. The van der Waals surface area contributed by atoms with Crippen LogP contribution in [0.2, 0.25) is 0 Å². The zero-order valence-electron chi connectivity index (χ0n) is 13.3. The third-order valence-corrected chi connectivity index (χ3v) is 4.60. The number of hydrogen-bond acceptors (Lipinski definition) is 6. The molecule has 1 aromatic heterocycles. The lowest BCUT2D eigenvalue weighted by atomic mass is 10.1. The molecule has 1 unspecified atom stereocenters. The highest BCUT2D eigenvalue weighted by atomic mass is 32.2. The van der Waals surface area contributed by atoms with E-state index in [0.717, 1.165) is 39.0 Å². The van der Waals surface area contributed by atoms with E-state index in [9.17, 15) is 8.42 Å². The molecule has 2 heterocycles. The Morgan fingerprint density at radius 2 is 2.35 bits per heavy atom. The normalized spacial score (nSPS) is 18.7. The van der Waals surface area contributed by atoms with Crippen LogP contribution in [0.1, 0.15) is 18.4 Å². The zero-order chi connectivity index (χ0) is 16.7. The number of nitriles is 1. The van der Waals surface area contributed by atoms with Gasteiger partial charge in [0.05, 0.1) is 11.8 Å². The van der Waals surface area contributed by atoms with Crippen LogP contribution in [0.3, 0.4) is 0 Å². The quantitative estimate of drug-likeness (QED) is 0.675. The van der Waals surface area contributed by atoms with Gasteiger partial charge in [-0.05, 0) is 44.0 Å². The van der Waals surface area contributed by atoms with Crippen molar-refractivity contribution in [1.82, 2.24) is 14.6 Å². The average Bonchev–Trinajstić information content (AvgIpc) is 2.97. The summed E-state index contributed by atoms with van der Waals surface area (Å²) in [6, 6.07) is 5.65. The second-order valence-corrected chi connectivity index (χ2v) is 7.70. The van der Waals surface area contributed by atoms with E-state index in [2.05, 4.69) is 26.0 Å². The fraction of sp³-hybridized carbons (Fsp3) is 0.600. The van der Waals surface area contributed by atoms with E-state index >= 15 is 0 Å². The number of likely N-dealkylation sites (tertiary alicyclic amines) is 1. The smallest absolute Gasteiger partial charge is 0.208 e. The van der Waals surface area contributed by atoms with Crippen molar-refractivity contribution in [3.05, 3.63) is 23.9 Å². The Hall–Kier alpha value is -1.69. The minimum absolute atomic E-state index is 0.484. The van der Waals surface area contributed by atoms with Gasteiger partial charge in [-0.2, -0.15) is 5.26 Å². The predicted molar refractivity (Wildman–Crippen MR) is 89.5 cm³/mol. The number of rotatable bonds is 8. The van der Waals surface area contributed by atoms with Gasteiger partial charge >= 0.3 is 0 Å². The molecule has 1 aliphatic heterocycles. The molecule has 0 aromatic carbocycles. The Balaban J connectivity index is 1.68. The highest BCUT2D eigenvalue weighted by molar-refractivity contribution is 7.88. The maximum Gasteiger partial charge on any atom is 0.208 e. The summed E-state index contributed by atoms with van der Waals surface area (Å²) in [6.07, 6.45) is 4.77. The Bertz CT molecular complexity index is 656. The SMILES string of the molecule is CS(=O)(=O)NCCCN1CCC(CNc2ncccc2C#N)C1. The van der Waals surface area contributed by atoms with Crippen molar-refractivity contribution in [1.29, 1.82) is 5.26 Å². The summed E-state index contributed by atoms with van der Waals surface area (Å²) in [5.74, 6) is 1.16. The van der Waals surface area contributed by atoms with Crippen molar-refractivity contribution in [3.8, 4) is 6.07 Å².